The molecule has 0 heterocycles. The van der Waals surface area contributed by atoms with Gasteiger partial charge in [-0.15, -0.1) is 0 Å². The van der Waals surface area contributed by atoms with E-state index in [4.69, 9.17) is 0 Å². The third-order valence-electron chi connectivity index (χ3n) is 2.84. The van der Waals surface area contributed by atoms with Crippen LogP contribution < -0.4 is 0 Å². The first kappa shape index (κ1) is 13.0. The molecule has 98 valence electrons. The van der Waals surface area contributed by atoms with Gasteiger partial charge in [-0.25, -0.2) is 0 Å². The summed E-state index contributed by atoms with van der Waals surface area (Å²) in [5.41, 5.74) is 1.87. The topological polar surface area (TPSA) is 77.8 Å². The lowest BCUT2D eigenvalue weighted by Crippen LogP contribution is -2.04. The van der Waals surface area contributed by atoms with Crippen LogP contribution in [0.3, 0.4) is 0 Å². The van der Waals surface area contributed by atoms with Gasteiger partial charge in [-0.2, -0.15) is 0 Å². The second-order valence-electron chi connectivity index (χ2n) is 4.45. The van der Waals surface area contributed by atoms with E-state index >= 15 is 0 Å². The van der Waals surface area contributed by atoms with Crippen molar-refractivity contribution >= 4 is 5.78 Å². The van der Waals surface area contributed by atoms with Gasteiger partial charge in [0.1, 0.15) is 5.75 Å². The van der Waals surface area contributed by atoms with E-state index in [1.165, 1.54) is 0 Å². The van der Waals surface area contributed by atoms with Crippen molar-refractivity contribution < 1.29 is 20.1 Å². The molecule has 2 rings (SSSR count). The molecule has 0 fully saturated rings. The highest BCUT2D eigenvalue weighted by molar-refractivity contribution is 6.00. The largest absolute Gasteiger partial charge is 0.507 e. The van der Waals surface area contributed by atoms with E-state index in [0.29, 0.717) is 0 Å². The molecule has 0 aliphatic heterocycles. The second kappa shape index (κ2) is 5.02. The lowest BCUT2D eigenvalue weighted by atomic mass is 10.0. The van der Waals surface area contributed by atoms with E-state index in [9.17, 15) is 20.1 Å². The van der Waals surface area contributed by atoms with Gasteiger partial charge in [0.05, 0.1) is 5.56 Å². The number of carbonyl (C=O) groups is 1. The molecule has 0 radical (unpaired) electrons. The quantitative estimate of drug-likeness (QED) is 0.449. The molecule has 0 spiro atoms. The van der Waals surface area contributed by atoms with Crippen LogP contribution in [0.2, 0.25) is 0 Å². The molecular weight excluding hydrogens is 244 g/mol. The summed E-state index contributed by atoms with van der Waals surface area (Å²) in [7, 11) is 0. The van der Waals surface area contributed by atoms with Gasteiger partial charge in [0, 0.05) is 12.5 Å². The van der Waals surface area contributed by atoms with Crippen molar-refractivity contribution in [1.82, 2.24) is 0 Å². The molecule has 4 nitrogen and oxygen atoms in total. The molecule has 0 aliphatic rings. The highest BCUT2D eigenvalue weighted by Crippen LogP contribution is 2.32. The fraction of sp³-hybridized carbons (Fsp3) is 0.133. The number of aromatic hydroxyl groups is 3. The van der Waals surface area contributed by atoms with E-state index in [2.05, 4.69) is 0 Å². The molecule has 2 aromatic rings. The van der Waals surface area contributed by atoms with Crippen molar-refractivity contribution in [1.29, 1.82) is 0 Å². The average Bonchev–Trinajstić information content (AvgIpc) is 2.33. The second-order valence-corrected chi connectivity index (χ2v) is 4.45. The maximum atomic E-state index is 12.1. The average molecular weight is 258 g/mol. The Morgan fingerprint density at radius 2 is 1.68 bits per heavy atom. The zero-order chi connectivity index (χ0) is 14.0. The van der Waals surface area contributed by atoms with Gasteiger partial charge >= 0.3 is 0 Å². The Hall–Kier alpha value is -2.49. The van der Waals surface area contributed by atoms with Crippen LogP contribution in [0.1, 0.15) is 21.5 Å². The summed E-state index contributed by atoms with van der Waals surface area (Å²) in [5, 5.41) is 28.2. The Labute approximate surface area is 110 Å². The molecule has 0 saturated carbocycles. The first-order valence-corrected chi connectivity index (χ1v) is 5.81. The van der Waals surface area contributed by atoms with Crippen LogP contribution in [0.15, 0.2) is 36.4 Å². The Bertz CT molecular complexity index is 632. The Balaban J connectivity index is 2.28. The highest BCUT2D eigenvalue weighted by Gasteiger charge is 2.15. The number of Topliss-reactive ketones (excluding diaryl/α,β-unsaturated/α-hetero) is 1. The summed E-state index contributed by atoms with van der Waals surface area (Å²) in [4.78, 5) is 12.1. The van der Waals surface area contributed by atoms with Gasteiger partial charge in [0.15, 0.2) is 17.3 Å². The minimum absolute atomic E-state index is 0.00296. The standard InChI is InChI=1S/C15H14O4/c1-9-3-2-4-10(5-9)6-12(16)11-7-14(18)15(19)8-13(11)17/h2-5,7-8,17-19H,6H2,1H3. The van der Waals surface area contributed by atoms with Gasteiger partial charge < -0.3 is 15.3 Å². The Morgan fingerprint density at radius 3 is 2.37 bits per heavy atom. The monoisotopic (exact) mass is 258 g/mol. The minimum atomic E-state index is -0.454. The number of rotatable bonds is 3. The van der Waals surface area contributed by atoms with Crippen molar-refractivity contribution in [3.05, 3.63) is 53.1 Å². The molecule has 4 heteroatoms. The number of carbonyl (C=O) groups excluding carboxylic acids is 1. The van der Waals surface area contributed by atoms with Crippen molar-refractivity contribution in [2.75, 3.05) is 0 Å². The van der Waals surface area contributed by atoms with E-state index in [1.54, 1.807) is 0 Å². The summed E-state index contributed by atoms with van der Waals surface area (Å²) in [6, 6.07) is 9.52. The minimum Gasteiger partial charge on any atom is -0.507 e. The number of phenolic OH excluding ortho intramolecular Hbond substituents is 3. The van der Waals surface area contributed by atoms with Crippen molar-refractivity contribution in [2.45, 2.75) is 13.3 Å². The van der Waals surface area contributed by atoms with E-state index in [-0.39, 0.29) is 23.5 Å². The van der Waals surface area contributed by atoms with Gasteiger partial charge in [0.2, 0.25) is 0 Å². The van der Waals surface area contributed by atoms with Gasteiger partial charge in [0.25, 0.3) is 0 Å². The molecule has 0 aliphatic carbocycles. The molecule has 0 bridgehead atoms. The molecular formula is C15H14O4. The zero-order valence-electron chi connectivity index (χ0n) is 10.4. The molecule has 3 N–H and O–H groups in total. The third kappa shape index (κ3) is 2.85. The normalized spacial score (nSPS) is 10.4. The molecule has 0 amide bonds. The molecule has 0 saturated heterocycles. The Morgan fingerprint density at radius 1 is 1.00 bits per heavy atom. The maximum absolute atomic E-state index is 12.1. The number of ketones is 1. The molecule has 2 aromatic carbocycles. The maximum Gasteiger partial charge on any atom is 0.171 e. The lowest BCUT2D eigenvalue weighted by molar-refractivity contribution is 0.0990. The van der Waals surface area contributed by atoms with Crippen LogP contribution in [-0.4, -0.2) is 21.1 Å². The van der Waals surface area contributed by atoms with Crippen LogP contribution >= 0.6 is 0 Å². The Kier molecular flexibility index (Phi) is 3.42. The SMILES string of the molecule is Cc1cccc(CC(=O)c2cc(O)c(O)cc2O)c1. The summed E-state index contributed by atoms with van der Waals surface area (Å²) in [5.74, 6) is -1.54. The fourth-order valence-corrected chi connectivity index (χ4v) is 1.89. The van der Waals surface area contributed by atoms with Gasteiger partial charge in [-0.3, -0.25) is 4.79 Å². The first-order valence-electron chi connectivity index (χ1n) is 5.81. The van der Waals surface area contributed by atoms with E-state index in [1.807, 2.05) is 31.2 Å². The number of hydrogen-bond donors (Lipinski definition) is 3. The predicted octanol–water partition coefficient (Wildman–Crippen LogP) is 2.54. The smallest absolute Gasteiger partial charge is 0.171 e. The number of hydrogen-bond acceptors (Lipinski definition) is 4. The summed E-state index contributed by atoms with van der Waals surface area (Å²) in [6.07, 6.45) is 0.124. The van der Waals surface area contributed by atoms with Gasteiger partial charge in [-0.1, -0.05) is 29.8 Å². The van der Waals surface area contributed by atoms with Crippen LogP contribution in [0, 0.1) is 6.92 Å². The van der Waals surface area contributed by atoms with Crippen LogP contribution in [0.4, 0.5) is 0 Å². The fourth-order valence-electron chi connectivity index (χ4n) is 1.89. The van der Waals surface area contributed by atoms with Crippen molar-refractivity contribution in [3.63, 3.8) is 0 Å². The predicted molar refractivity (Wildman–Crippen MR) is 70.6 cm³/mol. The number of benzene rings is 2. The van der Waals surface area contributed by atoms with Crippen molar-refractivity contribution in [2.24, 2.45) is 0 Å². The highest BCUT2D eigenvalue weighted by atomic mass is 16.3. The number of aryl methyl sites for hydroxylation is 1. The summed E-state index contributed by atoms with van der Waals surface area (Å²) in [6.45, 7) is 1.93. The van der Waals surface area contributed by atoms with Crippen LogP contribution in [0.5, 0.6) is 17.2 Å². The van der Waals surface area contributed by atoms with Crippen LogP contribution in [0.25, 0.3) is 0 Å². The third-order valence-corrected chi connectivity index (χ3v) is 2.84. The summed E-state index contributed by atoms with van der Waals surface area (Å²) >= 11 is 0. The molecule has 19 heavy (non-hydrogen) atoms. The van der Waals surface area contributed by atoms with E-state index < -0.39 is 11.5 Å². The van der Waals surface area contributed by atoms with Gasteiger partial charge in [-0.05, 0) is 18.6 Å². The van der Waals surface area contributed by atoms with E-state index in [0.717, 1.165) is 23.3 Å². The molecule has 0 atom stereocenters. The molecule has 0 unspecified atom stereocenters. The number of phenols is 3. The first-order chi connectivity index (χ1) is 8.97. The van der Waals surface area contributed by atoms with Crippen LogP contribution in [-0.2, 0) is 6.42 Å². The molecule has 0 aromatic heterocycles. The lowest BCUT2D eigenvalue weighted by Gasteiger charge is -2.06. The zero-order valence-corrected chi connectivity index (χ0v) is 10.4. The van der Waals surface area contributed by atoms with Crippen molar-refractivity contribution in [3.8, 4) is 17.2 Å². The summed E-state index contributed by atoms with van der Waals surface area (Å²) < 4.78 is 0.